The molecule has 1 heterocycles. The number of rotatable bonds is 3. The Morgan fingerprint density at radius 3 is 2.31 bits per heavy atom. The Kier molecular flexibility index (Phi) is 6.07. The number of fused-ring (bicyclic) bond motifs is 3. The van der Waals surface area contributed by atoms with Crippen molar-refractivity contribution in [2.24, 2.45) is 22.7 Å². The molecule has 0 aromatic heterocycles. The Balaban J connectivity index is 1.81. The van der Waals surface area contributed by atoms with E-state index in [1.165, 1.54) is 44.1 Å². The average molecular weight is 421 g/mol. The van der Waals surface area contributed by atoms with Crippen molar-refractivity contribution in [3.05, 3.63) is 12.2 Å². The number of ether oxygens (including phenoxy) is 1. The third kappa shape index (κ3) is 4.17. The smallest absolute Gasteiger partial charge is 0.192 e. The summed E-state index contributed by atoms with van der Waals surface area (Å²) in [4.78, 5) is 0. The molecule has 0 bridgehead atoms. The van der Waals surface area contributed by atoms with Crippen LogP contribution in [0, 0.1) is 22.7 Å². The molecule has 3 aliphatic rings. The van der Waals surface area contributed by atoms with E-state index in [0.717, 1.165) is 12.3 Å². The molecular formula is C26H48O2Si. The van der Waals surface area contributed by atoms with Gasteiger partial charge in [-0.3, -0.25) is 0 Å². The van der Waals surface area contributed by atoms with Gasteiger partial charge < -0.3 is 9.16 Å². The maximum absolute atomic E-state index is 7.00. The van der Waals surface area contributed by atoms with Crippen LogP contribution in [0.2, 0.25) is 18.1 Å². The van der Waals surface area contributed by atoms with E-state index in [0.29, 0.717) is 23.4 Å². The van der Waals surface area contributed by atoms with E-state index >= 15 is 0 Å². The average Bonchev–Trinajstić information content (AvgIpc) is 2.68. The SMILES string of the molecule is C=C1CC[C@@H]2[C@@]3(C)CCCC(C)(C)[C@@H]3CC[C@@]2(C)O[C@@H]1CO[Si](C)(C)C(C)(C)C. The molecule has 2 nitrogen and oxygen atoms in total. The molecular weight excluding hydrogens is 372 g/mol. The lowest BCUT2D eigenvalue weighted by Gasteiger charge is -2.62. The van der Waals surface area contributed by atoms with Crippen LogP contribution in [0.15, 0.2) is 12.2 Å². The second-order valence-corrected chi connectivity index (χ2v) is 18.0. The first kappa shape index (κ1) is 23.5. The lowest BCUT2D eigenvalue weighted by molar-refractivity contribution is -0.201. The van der Waals surface area contributed by atoms with Gasteiger partial charge in [0, 0.05) is 0 Å². The summed E-state index contributed by atoms with van der Waals surface area (Å²) in [5.74, 6) is 1.45. The Hall–Kier alpha value is -0.123. The monoisotopic (exact) mass is 420 g/mol. The molecule has 2 saturated carbocycles. The molecule has 2 aliphatic carbocycles. The summed E-state index contributed by atoms with van der Waals surface area (Å²) in [6.45, 7) is 26.8. The molecule has 0 aromatic rings. The number of hydrogen-bond donors (Lipinski definition) is 0. The summed E-state index contributed by atoms with van der Waals surface area (Å²) in [5.41, 5.74) is 2.07. The van der Waals surface area contributed by atoms with Crippen LogP contribution in [0.4, 0.5) is 0 Å². The van der Waals surface area contributed by atoms with E-state index in [1.807, 2.05) is 0 Å². The highest BCUT2D eigenvalue weighted by molar-refractivity contribution is 6.74. The Morgan fingerprint density at radius 1 is 1.03 bits per heavy atom. The van der Waals surface area contributed by atoms with Gasteiger partial charge in [0.05, 0.1) is 12.2 Å². The van der Waals surface area contributed by atoms with E-state index in [4.69, 9.17) is 9.16 Å². The first-order valence-electron chi connectivity index (χ1n) is 12.1. The van der Waals surface area contributed by atoms with Crippen LogP contribution in [0.1, 0.15) is 93.4 Å². The standard InChI is InChI=1S/C26H48O2Si/c1-19-12-13-22-25(7)16-11-15-24(5,6)21(25)14-17-26(22,8)28-20(19)18-27-29(9,10)23(2,3)4/h20-22H,1,11-18H2,2-10H3/t20-,21+,22-,25+,26-/m1/s1. The van der Waals surface area contributed by atoms with Crippen molar-refractivity contribution < 1.29 is 9.16 Å². The normalized spacial score (nSPS) is 40.7. The number of hydrogen-bond acceptors (Lipinski definition) is 2. The van der Waals surface area contributed by atoms with E-state index in [9.17, 15) is 0 Å². The fourth-order valence-corrected chi connectivity index (χ4v) is 7.93. The van der Waals surface area contributed by atoms with Crippen LogP contribution in [-0.2, 0) is 9.16 Å². The molecule has 29 heavy (non-hydrogen) atoms. The molecule has 3 rings (SSSR count). The van der Waals surface area contributed by atoms with Crippen molar-refractivity contribution >= 4 is 8.32 Å². The second-order valence-electron chi connectivity index (χ2n) is 13.2. The highest BCUT2D eigenvalue weighted by Gasteiger charge is 2.59. The van der Waals surface area contributed by atoms with Crippen LogP contribution in [0.25, 0.3) is 0 Å². The minimum absolute atomic E-state index is 0.0421. The van der Waals surface area contributed by atoms with Gasteiger partial charge in [-0.25, -0.2) is 0 Å². The molecule has 0 aromatic carbocycles. The van der Waals surface area contributed by atoms with E-state index < -0.39 is 8.32 Å². The fraction of sp³-hybridized carbons (Fsp3) is 0.923. The molecule has 168 valence electrons. The Morgan fingerprint density at radius 2 is 1.69 bits per heavy atom. The summed E-state index contributed by atoms with van der Waals surface area (Å²) >= 11 is 0. The zero-order valence-electron chi connectivity index (χ0n) is 20.9. The van der Waals surface area contributed by atoms with Crippen LogP contribution in [0.5, 0.6) is 0 Å². The van der Waals surface area contributed by atoms with Crippen molar-refractivity contribution in [3.8, 4) is 0 Å². The minimum atomic E-state index is -1.79. The molecule has 0 spiro atoms. The first-order chi connectivity index (χ1) is 13.1. The molecule has 3 heteroatoms. The second kappa shape index (κ2) is 7.48. The molecule has 5 atom stereocenters. The van der Waals surface area contributed by atoms with Crippen molar-refractivity contribution in [2.75, 3.05) is 6.61 Å². The van der Waals surface area contributed by atoms with Gasteiger partial charge in [-0.1, -0.05) is 54.5 Å². The van der Waals surface area contributed by atoms with Gasteiger partial charge >= 0.3 is 0 Å². The predicted octanol–water partition coefficient (Wildman–Crippen LogP) is 7.74. The lowest BCUT2D eigenvalue weighted by atomic mass is 9.45. The molecule has 0 unspecified atom stereocenters. The van der Waals surface area contributed by atoms with Crippen molar-refractivity contribution in [3.63, 3.8) is 0 Å². The lowest BCUT2D eigenvalue weighted by Crippen LogP contribution is -2.58. The zero-order valence-corrected chi connectivity index (χ0v) is 21.9. The zero-order chi connectivity index (χ0) is 21.9. The van der Waals surface area contributed by atoms with Gasteiger partial charge in [0.15, 0.2) is 8.32 Å². The van der Waals surface area contributed by atoms with Crippen LogP contribution in [-0.4, -0.2) is 26.6 Å². The van der Waals surface area contributed by atoms with Gasteiger partial charge in [0.25, 0.3) is 0 Å². The highest BCUT2D eigenvalue weighted by Crippen LogP contribution is 2.64. The highest BCUT2D eigenvalue weighted by atomic mass is 28.4. The molecule has 3 fully saturated rings. The molecule has 0 amide bonds. The maximum atomic E-state index is 7.00. The molecule has 0 N–H and O–H groups in total. The molecule has 1 saturated heterocycles. The van der Waals surface area contributed by atoms with Crippen LogP contribution >= 0.6 is 0 Å². The third-order valence-corrected chi connectivity index (χ3v) is 14.3. The first-order valence-corrected chi connectivity index (χ1v) is 15.0. The van der Waals surface area contributed by atoms with Crippen molar-refractivity contribution in [2.45, 2.75) is 123 Å². The van der Waals surface area contributed by atoms with Crippen LogP contribution in [0.3, 0.4) is 0 Å². The maximum Gasteiger partial charge on any atom is 0.192 e. The molecule has 0 radical (unpaired) electrons. The summed E-state index contributed by atoms with van der Waals surface area (Å²) in [6.07, 6.45) is 8.98. The van der Waals surface area contributed by atoms with Gasteiger partial charge in [0.1, 0.15) is 6.10 Å². The summed E-state index contributed by atoms with van der Waals surface area (Å²) in [6, 6.07) is 0. The van der Waals surface area contributed by atoms with Crippen molar-refractivity contribution in [1.82, 2.24) is 0 Å². The summed E-state index contributed by atoms with van der Waals surface area (Å²) < 4.78 is 13.6. The van der Waals surface area contributed by atoms with Crippen molar-refractivity contribution in [1.29, 1.82) is 0 Å². The Labute approximate surface area is 182 Å². The predicted molar refractivity (Wildman–Crippen MR) is 127 cm³/mol. The van der Waals surface area contributed by atoms with E-state index in [-0.39, 0.29) is 16.7 Å². The Bertz CT molecular complexity index is 631. The van der Waals surface area contributed by atoms with E-state index in [1.54, 1.807) is 0 Å². The topological polar surface area (TPSA) is 18.5 Å². The van der Waals surface area contributed by atoms with Gasteiger partial charge in [-0.2, -0.15) is 0 Å². The van der Waals surface area contributed by atoms with E-state index in [2.05, 4.69) is 68.1 Å². The summed E-state index contributed by atoms with van der Waals surface area (Å²) in [7, 11) is -1.79. The minimum Gasteiger partial charge on any atom is -0.414 e. The fourth-order valence-electron chi connectivity index (χ4n) is 6.93. The van der Waals surface area contributed by atoms with Gasteiger partial charge in [-0.05, 0) is 91.8 Å². The summed E-state index contributed by atoms with van der Waals surface area (Å²) in [5, 5.41) is 0.227. The van der Waals surface area contributed by atoms with Gasteiger partial charge in [-0.15, -0.1) is 0 Å². The van der Waals surface area contributed by atoms with Gasteiger partial charge in [0.2, 0.25) is 0 Å². The largest absolute Gasteiger partial charge is 0.414 e. The quantitative estimate of drug-likeness (QED) is 0.343. The third-order valence-electron chi connectivity index (χ3n) is 9.76. The molecule has 1 aliphatic heterocycles. The van der Waals surface area contributed by atoms with Crippen LogP contribution < -0.4 is 0 Å².